The highest BCUT2D eigenvalue weighted by Gasteiger charge is 2.19. The average Bonchev–Trinajstić information content (AvgIpc) is 2.63. The lowest BCUT2D eigenvalue weighted by Gasteiger charge is -2.24. The van der Waals surface area contributed by atoms with Crippen LogP contribution >= 0.6 is 0 Å². The lowest BCUT2D eigenvalue weighted by atomic mass is 10.1. The van der Waals surface area contributed by atoms with Crippen molar-refractivity contribution in [2.75, 3.05) is 54.6 Å². The van der Waals surface area contributed by atoms with Crippen molar-refractivity contribution in [2.45, 2.75) is 19.8 Å². The normalized spacial score (nSPS) is 10.5. The van der Waals surface area contributed by atoms with Gasteiger partial charge in [0.15, 0.2) is 0 Å². The zero-order valence-electron chi connectivity index (χ0n) is 16.4. The van der Waals surface area contributed by atoms with E-state index in [1.807, 2.05) is 14.1 Å². The summed E-state index contributed by atoms with van der Waals surface area (Å²) in [4.78, 5) is 28.4. The maximum absolute atomic E-state index is 13.0. The van der Waals surface area contributed by atoms with E-state index in [-0.39, 0.29) is 18.3 Å². The molecular formula is C19H30N2O5. The van der Waals surface area contributed by atoms with E-state index in [1.165, 1.54) is 0 Å². The molecule has 146 valence electrons. The summed E-state index contributed by atoms with van der Waals surface area (Å²) in [5, 5.41) is 0. The van der Waals surface area contributed by atoms with Gasteiger partial charge in [-0.1, -0.05) is 0 Å². The molecule has 0 heterocycles. The Morgan fingerprint density at radius 1 is 0.962 bits per heavy atom. The Balaban J connectivity index is 2.92. The van der Waals surface area contributed by atoms with E-state index in [0.29, 0.717) is 36.8 Å². The fourth-order valence-electron chi connectivity index (χ4n) is 2.47. The highest BCUT2D eigenvalue weighted by Crippen LogP contribution is 2.23. The summed E-state index contributed by atoms with van der Waals surface area (Å²) in [6, 6.07) is 5.06. The molecule has 0 aliphatic heterocycles. The Kier molecular flexibility index (Phi) is 9.51. The van der Waals surface area contributed by atoms with Crippen LogP contribution in [0.1, 0.15) is 30.1 Å². The fraction of sp³-hybridized carbons (Fsp3) is 0.579. The van der Waals surface area contributed by atoms with Crippen molar-refractivity contribution < 1.29 is 23.8 Å². The maximum atomic E-state index is 13.0. The molecule has 7 nitrogen and oxygen atoms in total. The zero-order chi connectivity index (χ0) is 19.5. The van der Waals surface area contributed by atoms with E-state index in [9.17, 15) is 9.59 Å². The first kappa shape index (κ1) is 21.8. The van der Waals surface area contributed by atoms with Crippen LogP contribution in [-0.4, -0.2) is 76.2 Å². The summed E-state index contributed by atoms with van der Waals surface area (Å²) in [7, 11) is 7.05. The van der Waals surface area contributed by atoms with Gasteiger partial charge in [0.1, 0.15) is 11.5 Å². The smallest absolute Gasteiger partial charge is 0.307 e. The van der Waals surface area contributed by atoms with Gasteiger partial charge in [-0.2, -0.15) is 0 Å². The van der Waals surface area contributed by atoms with Crippen molar-refractivity contribution in [1.82, 2.24) is 9.80 Å². The maximum Gasteiger partial charge on any atom is 0.307 e. The van der Waals surface area contributed by atoms with E-state index in [4.69, 9.17) is 14.2 Å². The lowest BCUT2D eigenvalue weighted by Crippen LogP contribution is -2.35. The van der Waals surface area contributed by atoms with Gasteiger partial charge in [0.2, 0.25) is 0 Å². The minimum absolute atomic E-state index is 0.162. The Morgan fingerprint density at radius 3 is 2.08 bits per heavy atom. The highest BCUT2D eigenvalue weighted by atomic mass is 16.5. The molecule has 0 fully saturated rings. The van der Waals surface area contributed by atoms with Crippen LogP contribution in [0.25, 0.3) is 0 Å². The molecule has 1 rings (SSSR count). The molecule has 0 radical (unpaired) electrons. The first-order valence-electron chi connectivity index (χ1n) is 8.74. The van der Waals surface area contributed by atoms with Crippen LogP contribution in [0.3, 0.4) is 0 Å². The minimum atomic E-state index is -0.305. The van der Waals surface area contributed by atoms with Crippen molar-refractivity contribution in [3.8, 4) is 11.5 Å². The largest absolute Gasteiger partial charge is 0.497 e. The third-order valence-electron chi connectivity index (χ3n) is 3.81. The molecule has 1 aromatic carbocycles. The summed E-state index contributed by atoms with van der Waals surface area (Å²) in [6.45, 7) is 3.81. The van der Waals surface area contributed by atoms with Crippen molar-refractivity contribution in [3.05, 3.63) is 23.8 Å². The third-order valence-corrected chi connectivity index (χ3v) is 3.81. The Bertz CT molecular complexity index is 567. The number of carbonyl (C=O) groups is 2. The van der Waals surface area contributed by atoms with Crippen molar-refractivity contribution >= 4 is 11.9 Å². The summed E-state index contributed by atoms with van der Waals surface area (Å²) in [5.74, 6) is 0.629. The Hall–Kier alpha value is -2.28. The number of hydrogen-bond acceptors (Lipinski definition) is 6. The number of esters is 1. The number of ether oxygens (including phenoxy) is 3. The quantitative estimate of drug-likeness (QED) is 0.559. The molecule has 0 unspecified atom stereocenters. The van der Waals surface area contributed by atoms with Gasteiger partial charge in [-0.25, -0.2) is 0 Å². The molecule has 0 aliphatic carbocycles. The van der Waals surface area contributed by atoms with E-state index in [1.54, 1.807) is 44.2 Å². The Morgan fingerprint density at radius 2 is 1.58 bits per heavy atom. The standard InChI is InChI=1S/C19H30N2O5/c1-6-26-18(22)8-11-21(10-7-9-20(2)3)19(23)15-12-16(24-4)14-17(13-15)25-5/h12-14H,6-11H2,1-5H3. The van der Waals surface area contributed by atoms with Gasteiger partial charge < -0.3 is 24.0 Å². The van der Waals surface area contributed by atoms with E-state index < -0.39 is 0 Å². The van der Waals surface area contributed by atoms with E-state index in [0.717, 1.165) is 13.0 Å². The second-order valence-corrected chi connectivity index (χ2v) is 6.11. The second-order valence-electron chi connectivity index (χ2n) is 6.11. The summed E-state index contributed by atoms with van der Waals surface area (Å²) in [5.41, 5.74) is 0.468. The molecule has 0 aromatic heterocycles. The van der Waals surface area contributed by atoms with Crippen molar-refractivity contribution in [1.29, 1.82) is 0 Å². The van der Waals surface area contributed by atoms with Crippen molar-refractivity contribution in [3.63, 3.8) is 0 Å². The molecule has 0 spiro atoms. The SMILES string of the molecule is CCOC(=O)CCN(CCCN(C)C)C(=O)c1cc(OC)cc(OC)c1. The van der Waals surface area contributed by atoms with Crippen molar-refractivity contribution in [2.24, 2.45) is 0 Å². The zero-order valence-corrected chi connectivity index (χ0v) is 16.4. The minimum Gasteiger partial charge on any atom is -0.497 e. The summed E-state index contributed by atoms with van der Waals surface area (Å²) in [6.07, 6.45) is 0.977. The first-order valence-corrected chi connectivity index (χ1v) is 8.74. The van der Waals surface area contributed by atoms with Crippen LogP contribution in [-0.2, 0) is 9.53 Å². The number of hydrogen-bond donors (Lipinski definition) is 0. The molecule has 0 aliphatic rings. The summed E-state index contributed by atoms with van der Waals surface area (Å²) >= 11 is 0. The molecule has 7 heteroatoms. The number of benzene rings is 1. The van der Waals surface area contributed by atoms with E-state index >= 15 is 0 Å². The molecule has 1 aromatic rings. The lowest BCUT2D eigenvalue weighted by molar-refractivity contribution is -0.143. The van der Waals surface area contributed by atoms with Crippen LogP contribution in [0, 0.1) is 0 Å². The predicted molar refractivity (Wildman–Crippen MR) is 99.9 cm³/mol. The predicted octanol–water partition coefficient (Wildman–Crippen LogP) is 2.05. The van der Waals surface area contributed by atoms with Gasteiger partial charge in [0.25, 0.3) is 5.91 Å². The molecule has 1 amide bonds. The van der Waals surface area contributed by atoms with Gasteiger partial charge in [-0.05, 0) is 46.1 Å². The van der Waals surface area contributed by atoms with E-state index in [2.05, 4.69) is 4.90 Å². The molecule has 0 bridgehead atoms. The molecule has 0 atom stereocenters. The number of carbonyl (C=O) groups excluding carboxylic acids is 2. The first-order chi connectivity index (χ1) is 12.4. The topological polar surface area (TPSA) is 68.3 Å². The number of methoxy groups -OCH3 is 2. The average molecular weight is 366 g/mol. The van der Waals surface area contributed by atoms with Gasteiger partial charge in [0, 0.05) is 24.7 Å². The Labute approximate surface area is 155 Å². The van der Waals surface area contributed by atoms with Crippen LogP contribution in [0.2, 0.25) is 0 Å². The fourth-order valence-corrected chi connectivity index (χ4v) is 2.47. The number of amides is 1. The second kappa shape index (κ2) is 11.4. The molecule has 0 N–H and O–H groups in total. The monoisotopic (exact) mass is 366 g/mol. The van der Waals surface area contributed by atoms with Crippen LogP contribution in [0.5, 0.6) is 11.5 Å². The van der Waals surface area contributed by atoms with Crippen LogP contribution in [0.4, 0.5) is 0 Å². The molecular weight excluding hydrogens is 336 g/mol. The van der Waals surface area contributed by atoms with Gasteiger partial charge in [-0.15, -0.1) is 0 Å². The summed E-state index contributed by atoms with van der Waals surface area (Å²) < 4.78 is 15.4. The molecule has 26 heavy (non-hydrogen) atoms. The highest BCUT2D eigenvalue weighted by molar-refractivity contribution is 5.95. The number of rotatable bonds is 11. The van der Waals surface area contributed by atoms with Gasteiger partial charge >= 0.3 is 5.97 Å². The van der Waals surface area contributed by atoms with Gasteiger partial charge in [0.05, 0.1) is 27.2 Å². The molecule has 0 saturated heterocycles. The van der Waals surface area contributed by atoms with Crippen LogP contribution < -0.4 is 9.47 Å². The van der Waals surface area contributed by atoms with Crippen LogP contribution in [0.15, 0.2) is 18.2 Å². The molecule has 0 saturated carbocycles. The van der Waals surface area contributed by atoms with Gasteiger partial charge in [-0.3, -0.25) is 9.59 Å². The third kappa shape index (κ3) is 7.31. The number of nitrogens with zero attached hydrogens (tertiary/aromatic N) is 2.